The van der Waals surface area contributed by atoms with E-state index in [0.29, 0.717) is 6.54 Å². The predicted molar refractivity (Wildman–Crippen MR) is 88.9 cm³/mol. The Kier molecular flexibility index (Phi) is 7.44. The van der Waals surface area contributed by atoms with Crippen LogP contribution in [0.2, 0.25) is 5.02 Å². The van der Waals surface area contributed by atoms with Crippen molar-refractivity contribution in [2.45, 2.75) is 43.5 Å². The fourth-order valence-electron chi connectivity index (χ4n) is 2.43. The molecule has 2 N–H and O–H groups in total. The van der Waals surface area contributed by atoms with Crippen molar-refractivity contribution in [3.63, 3.8) is 0 Å². The van der Waals surface area contributed by atoms with E-state index >= 15 is 0 Å². The van der Waals surface area contributed by atoms with Gasteiger partial charge >= 0.3 is 0 Å². The average Bonchev–Trinajstić information content (AvgIpc) is 2.42. The molecule has 4 nitrogen and oxygen atoms in total. The SMILES string of the molecule is CCCc1ccc(Cl)c(S(=O)(=O)N[C@H]2CCCNC2)c1.Cl. The van der Waals surface area contributed by atoms with E-state index in [9.17, 15) is 8.42 Å². The highest BCUT2D eigenvalue weighted by molar-refractivity contribution is 7.89. The van der Waals surface area contributed by atoms with Crippen LogP contribution in [0.1, 0.15) is 31.7 Å². The number of halogens is 2. The molecule has 7 heteroatoms. The maximum absolute atomic E-state index is 12.5. The Morgan fingerprint density at radius 3 is 2.81 bits per heavy atom. The van der Waals surface area contributed by atoms with E-state index < -0.39 is 10.0 Å². The number of nitrogens with one attached hydrogen (secondary N) is 2. The van der Waals surface area contributed by atoms with Crippen LogP contribution in [0, 0.1) is 0 Å². The molecule has 0 bridgehead atoms. The number of piperidine rings is 1. The van der Waals surface area contributed by atoms with Crippen molar-refractivity contribution in [3.8, 4) is 0 Å². The summed E-state index contributed by atoms with van der Waals surface area (Å²) in [6, 6.07) is 5.18. The smallest absolute Gasteiger partial charge is 0.242 e. The molecule has 120 valence electrons. The van der Waals surface area contributed by atoms with Crippen LogP contribution in [0.5, 0.6) is 0 Å². The quantitative estimate of drug-likeness (QED) is 0.856. The normalized spacial score (nSPS) is 19.0. The summed E-state index contributed by atoms with van der Waals surface area (Å²) in [4.78, 5) is 0.190. The van der Waals surface area contributed by atoms with Gasteiger partial charge in [-0.15, -0.1) is 12.4 Å². The Hall–Kier alpha value is -0.330. The third-order valence-corrected chi connectivity index (χ3v) is 5.44. The van der Waals surface area contributed by atoms with E-state index in [-0.39, 0.29) is 28.4 Å². The molecular formula is C14H22Cl2N2O2S. The van der Waals surface area contributed by atoms with Crippen LogP contribution >= 0.6 is 24.0 Å². The molecule has 1 saturated heterocycles. The molecule has 1 aliphatic rings. The molecule has 1 heterocycles. The van der Waals surface area contributed by atoms with Crippen molar-refractivity contribution in [1.82, 2.24) is 10.0 Å². The maximum atomic E-state index is 12.5. The van der Waals surface area contributed by atoms with Gasteiger partial charge in [0.15, 0.2) is 0 Å². The minimum absolute atomic E-state index is 0. The molecule has 1 atom stereocenters. The first kappa shape index (κ1) is 18.7. The van der Waals surface area contributed by atoms with Crippen molar-refractivity contribution >= 4 is 34.0 Å². The lowest BCUT2D eigenvalue weighted by Crippen LogP contribution is -2.45. The Bertz CT molecular complexity index is 558. The van der Waals surface area contributed by atoms with Gasteiger partial charge in [-0.25, -0.2) is 13.1 Å². The van der Waals surface area contributed by atoms with E-state index in [2.05, 4.69) is 17.0 Å². The van der Waals surface area contributed by atoms with Crippen LogP contribution in [0.4, 0.5) is 0 Å². The van der Waals surface area contributed by atoms with Crippen LogP contribution in [0.25, 0.3) is 0 Å². The second-order valence-corrected chi connectivity index (χ2v) is 7.27. The molecule has 1 fully saturated rings. The highest BCUT2D eigenvalue weighted by Crippen LogP contribution is 2.24. The molecule has 0 aliphatic carbocycles. The zero-order chi connectivity index (χ0) is 14.6. The lowest BCUT2D eigenvalue weighted by atomic mass is 10.1. The van der Waals surface area contributed by atoms with Gasteiger partial charge in [-0.05, 0) is 43.5 Å². The topological polar surface area (TPSA) is 58.2 Å². The van der Waals surface area contributed by atoms with Gasteiger partial charge in [-0.1, -0.05) is 31.0 Å². The summed E-state index contributed by atoms with van der Waals surface area (Å²) in [6.45, 7) is 3.69. The van der Waals surface area contributed by atoms with Gasteiger partial charge in [-0.3, -0.25) is 0 Å². The molecule has 0 unspecified atom stereocenters. The van der Waals surface area contributed by atoms with Crippen molar-refractivity contribution in [3.05, 3.63) is 28.8 Å². The molecule has 0 radical (unpaired) electrons. The van der Waals surface area contributed by atoms with Gasteiger partial charge in [0.2, 0.25) is 10.0 Å². The van der Waals surface area contributed by atoms with Gasteiger partial charge in [0.05, 0.1) is 5.02 Å². The fraction of sp³-hybridized carbons (Fsp3) is 0.571. The third kappa shape index (κ3) is 5.11. The van der Waals surface area contributed by atoms with Gasteiger partial charge in [0, 0.05) is 12.6 Å². The molecular weight excluding hydrogens is 331 g/mol. The van der Waals surface area contributed by atoms with Gasteiger partial charge < -0.3 is 5.32 Å². The number of rotatable bonds is 5. The van der Waals surface area contributed by atoms with Crippen molar-refractivity contribution in [2.75, 3.05) is 13.1 Å². The van der Waals surface area contributed by atoms with Crippen LogP contribution in [-0.2, 0) is 16.4 Å². The minimum atomic E-state index is -3.55. The molecule has 1 aliphatic heterocycles. The summed E-state index contributed by atoms with van der Waals surface area (Å²) < 4.78 is 27.7. The van der Waals surface area contributed by atoms with Crippen LogP contribution in [0.15, 0.2) is 23.1 Å². The second-order valence-electron chi connectivity index (χ2n) is 5.18. The minimum Gasteiger partial charge on any atom is -0.315 e. The monoisotopic (exact) mass is 352 g/mol. The van der Waals surface area contributed by atoms with Gasteiger partial charge in [0.25, 0.3) is 0 Å². The molecule has 2 rings (SSSR count). The van der Waals surface area contributed by atoms with E-state index in [4.69, 9.17) is 11.6 Å². The number of hydrogen-bond donors (Lipinski definition) is 2. The Labute approximate surface area is 138 Å². The summed E-state index contributed by atoms with van der Waals surface area (Å²) in [7, 11) is -3.55. The van der Waals surface area contributed by atoms with Crippen LogP contribution < -0.4 is 10.0 Å². The predicted octanol–water partition coefficient (Wildman–Crippen LogP) is 2.74. The molecule has 0 aromatic heterocycles. The fourth-order valence-corrected chi connectivity index (χ4v) is 4.25. The molecule has 21 heavy (non-hydrogen) atoms. The van der Waals surface area contributed by atoms with Gasteiger partial charge in [0.1, 0.15) is 4.90 Å². The highest BCUT2D eigenvalue weighted by atomic mass is 35.5. The van der Waals surface area contributed by atoms with Crippen molar-refractivity contribution in [1.29, 1.82) is 0 Å². The summed E-state index contributed by atoms with van der Waals surface area (Å²) in [5.74, 6) is 0. The van der Waals surface area contributed by atoms with Crippen molar-refractivity contribution in [2.24, 2.45) is 0 Å². The number of benzene rings is 1. The van der Waals surface area contributed by atoms with E-state index in [1.165, 1.54) is 0 Å². The lowest BCUT2D eigenvalue weighted by Gasteiger charge is -2.24. The average molecular weight is 353 g/mol. The number of hydrogen-bond acceptors (Lipinski definition) is 3. The standard InChI is InChI=1S/C14H21ClN2O2S.ClH/c1-2-4-11-6-7-13(15)14(9-11)20(18,19)17-12-5-3-8-16-10-12;/h6-7,9,12,16-17H,2-5,8,10H2,1H3;1H/t12-;/m0./s1. The summed E-state index contributed by atoms with van der Waals surface area (Å²) >= 11 is 6.06. The molecule has 1 aromatic rings. The Morgan fingerprint density at radius 1 is 1.43 bits per heavy atom. The first-order valence-corrected chi connectivity index (χ1v) is 8.90. The molecule has 1 aromatic carbocycles. The second kappa shape index (κ2) is 8.34. The van der Waals surface area contributed by atoms with Crippen molar-refractivity contribution < 1.29 is 8.42 Å². The first-order chi connectivity index (χ1) is 9.53. The van der Waals surface area contributed by atoms with Crippen LogP contribution in [0.3, 0.4) is 0 Å². The van der Waals surface area contributed by atoms with E-state index in [1.807, 2.05) is 6.07 Å². The summed E-state index contributed by atoms with van der Waals surface area (Å²) in [5, 5.41) is 3.47. The third-order valence-electron chi connectivity index (χ3n) is 3.44. The zero-order valence-electron chi connectivity index (χ0n) is 12.1. The summed E-state index contributed by atoms with van der Waals surface area (Å²) in [6.07, 6.45) is 3.67. The molecule has 0 spiro atoms. The largest absolute Gasteiger partial charge is 0.315 e. The lowest BCUT2D eigenvalue weighted by molar-refractivity contribution is 0.428. The molecule has 0 amide bonds. The van der Waals surface area contributed by atoms with E-state index in [0.717, 1.165) is 37.8 Å². The highest BCUT2D eigenvalue weighted by Gasteiger charge is 2.23. The number of sulfonamides is 1. The first-order valence-electron chi connectivity index (χ1n) is 7.04. The Morgan fingerprint density at radius 2 is 2.19 bits per heavy atom. The van der Waals surface area contributed by atoms with E-state index in [1.54, 1.807) is 12.1 Å². The van der Waals surface area contributed by atoms with Gasteiger partial charge in [-0.2, -0.15) is 0 Å². The maximum Gasteiger partial charge on any atom is 0.242 e. The molecule has 0 saturated carbocycles. The zero-order valence-corrected chi connectivity index (χ0v) is 14.5. The van der Waals surface area contributed by atoms with Crippen LogP contribution in [-0.4, -0.2) is 27.5 Å². The number of aryl methyl sites for hydroxylation is 1. The Balaban J connectivity index is 0.00000220. The summed E-state index contributed by atoms with van der Waals surface area (Å²) in [5.41, 5.74) is 0.999.